The lowest BCUT2D eigenvalue weighted by atomic mass is 10.1. The van der Waals surface area contributed by atoms with Crippen molar-refractivity contribution in [3.63, 3.8) is 0 Å². The van der Waals surface area contributed by atoms with Crippen molar-refractivity contribution < 1.29 is 19.1 Å². The van der Waals surface area contributed by atoms with Crippen LogP contribution >= 0.6 is 0 Å². The van der Waals surface area contributed by atoms with Crippen LogP contribution in [0.15, 0.2) is 42.5 Å². The molecule has 1 aliphatic rings. The number of amides is 2. The van der Waals surface area contributed by atoms with E-state index in [-0.39, 0.29) is 11.8 Å². The van der Waals surface area contributed by atoms with Crippen LogP contribution in [0.3, 0.4) is 0 Å². The summed E-state index contributed by atoms with van der Waals surface area (Å²) in [5, 5.41) is 5.61. The number of nitrogens with one attached hydrogen (secondary N) is 2. The van der Waals surface area contributed by atoms with Gasteiger partial charge in [-0.1, -0.05) is 18.2 Å². The highest BCUT2D eigenvalue weighted by atomic mass is 16.6. The third-order valence-corrected chi connectivity index (χ3v) is 3.82. The molecule has 0 bridgehead atoms. The third-order valence-electron chi connectivity index (χ3n) is 3.82. The van der Waals surface area contributed by atoms with Crippen LogP contribution in [0.5, 0.6) is 11.5 Å². The number of carbonyl (C=O) groups is 2. The Morgan fingerprint density at radius 3 is 2.24 bits per heavy atom. The number of hydrogen-bond donors (Lipinski definition) is 2. The molecule has 0 saturated heterocycles. The Labute approximate surface area is 146 Å². The predicted octanol–water partition coefficient (Wildman–Crippen LogP) is 2.02. The highest BCUT2D eigenvalue weighted by molar-refractivity contribution is 5.94. The second-order valence-electron chi connectivity index (χ2n) is 5.77. The van der Waals surface area contributed by atoms with Crippen LogP contribution < -0.4 is 20.1 Å². The van der Waals surface area contributed by atoms with Gasteiger partial charge in [-0.2, -0.15) is 0 Å². The average Bonchev–Trinajstić information content (AvgIpc) is 2.64. The van der Waals surface area contributed by atoms with E-state index in [2.05, 4.69) is 10.6 Å². The van der Waals surface area contributed by atoms with Gasteiger partial charge in [-0.05, 0) is 35.4 Å². The van der Waals surface area contributed by atoms with Gasteiger partial charge in [0, 0.05) is 25.6 Å². The van der Waals surface area contributed by atoms with E-state index in [0.717, 1.165) is 16.9 Å². The quantitative estimate of drug-likeness (QED) is 0.873. The van der Waals surface area contributed by atoms with Gasteiger partial charge in [-0.3, -0.25) is 9.59 Å². The lowest BCUT2D eigenvalue weighted by Gasteiger charge is -2.19. The zero-order valence-corrected chi connectivity index (χ0v) is 14.0. The van der Waals surface area contributed by atoms with Crippen LogP contribution in [0.2, 0.25) is 0 Å². The summed E-state index contributed by atoms with van der Waals surface area (Å²) in [5.74, 6) is 1.21. The number of hydrogen-bond acceptors (Lipinski definition) is 4. The van der Waals surface area contributed by atoms with Crippen LogP contribution in [0.4, 0.5) is 0 Å². The summed E-state index contributed by atoms with van der Waals surface area (Å²) in [6.45, 7) is 3.42. The predicted molar refractivity (Wildman–Crippen MR) is 92.6 cm³/mol. The second kappa shape index (κ2) is 7.70. The normalized spacial score (nSPS) is 12.4. The minimum atomic E-state index is -0.152. The lowest BCUT2D eigenvalue weighted by Crippen LogP contribution is -2.23. The van der Waals surface area contributed by atoms with E-state index in [4.69, 9.17) is 9.47 Å². The Balaban J connectivity index is 1.56. The fourth-order valence-electron chi connectivity index (χ4n) is 2.48. The van der Waals surface area contributed by atoms with Gasteiger partial charge in [0.2, 0.25) is 5.91 Å². The number of carbonyl (C=O) groups excluding carboxylic acids is 2. The van der Waals surface area contributed by atoms with Crippen molar-refractivity contribution >= 4 is 11.8 Å². The van der Waals surface area contributed by atoms with Crippen LogP contribution in [-0.4, -0.2) is 25.0 Å². The summed E-state index contributed by atoms with van der Waals surface area (Å²) in [7, 11) is 0. The number of rotatable bonds is 5. The van der Waals surface area contributed by atoms with Crippen LogP contribution in [0.1, 0.15) is 28.4 Å². The maximum atomic E-state index is 12.2. The highest BCUT2D eigenvalue weighted by Crippen LogP contribution is 2.30. The fraction of sp³-hybridized carbons (Fsp3) is 0.263. The third kappa shape index (κ3) is 4.50. The van der Waals surface area contributed by atoms with E-state index in [9.17, 15) is 9.59 Å². The first-order valence-electron chi connectivity index (χ1n) is 8.12. The topological polar surface area (TPSA) is 76.7 Å². The summed E-state index contributed by atoms with van der Waals surface area (Å²) in [6.07, 6.45) is 0. The molecule has 6 heteroatoms. The molecule has 130 valence electrons. The van der Waals surface area contributed by atoms with Crippen molar-refractivity contribution in [3.05, 3.63) is 59.2 Å². The molecule has 2 aromatic rings. The molecule has 2 amide bonds. The number of benzene rings is 2. The van der Waals surface area contributed by atoms with Gasteiger partial charge in [-0.15, -0.1) is 0 Å². The van der Waals surface area contributed by atoms with Gasteiger partial charge >= 0.3 is 0 Å². The molecule has 1 heterocycles. The van der Waals surface area contributed by atoms with Crippen LogP contribution in [-0.2, 0) is 17.9 Å². The molecule has 25 heavy (non-hydrogen) atoms. The standard InChI is InChI=1S/C19H20N2O4/c1-13(22)20-11-14-2-5-16(6-3-14)19(23)21-12-15-4-7-17-18(10-15)25-9-8-24-17/h2-7,10H,8-9,11-12H2,1H3,(H,20,22)(H,21,23). The smallest absolute Gasteiger partial charge is 0.251 e. The fourth-order valence-corrected chi connectivity index (χ4v) is 2.48. The van der Waals surface area contributed by atoms with Gasteiger partial charge in [0.15, 0.2) is 11.5 Å². The second-order valence-corrected chi connectivity index (χ2v) is 5.77. The molecule has 0 fully saturated rings. The molecule has 0 aliphatic carbocycles. The Morgan fingerprint density at radius 2 is 1.52 bits per heavy atom. The molecule has 0 aromatic heterocycles. The Bertz CT molecular complexity index is 771. The minimum Gasteiger partial charge on any atom is -0.486 e. The van der Waals surface area contributed by atoms with Gasteiger partial charge in [0.05, 0.1) is 0 Å². The molecule has 3 rings (SSSR count). The summed E-state index contributed by atoms with van der Waals surface area (Å²) < 4.78 is 11.0. The first kappa shape index (κ1) is 16.8. The largest absolute Gasteiger partial charge is 0.486 e. The van der Waals surface area contributed by atoms with E-state index in [1.807, 2.05) is 30.3 Å². The van der Waals surface area contributed by atoms with E-state index in [1.54, 1.807) is 12.1 Å². The molecule has 0 radical (unpaired) electrons. The van der Waals surface area contributed by atoms with Gasteiger partial charge < -0.3 is 20.1 Å². The van der Waals surface area contributed by atoms with Gasteiger partial charge in [0.25, 0.3) is 5.91 Å². The molecular formula is C19H20N2O4. The average molecular weight is 340 g/mol. The molecule has 6 nitrogen and oxygen atoms in total. The number of ether oxygens (including phenoxy) is 2. The SMILES string of the molecule is CC(=O)NCc1ccc(C(=O)NCc2ccc3c(c2)OCCO3)cc1. The molecule has 0 spiro atoms. The van der Waals surface area contributed by atoms with Crippen molar-refractivity contribution in [2.45, 2.75) is 20.0 Å². The van der Waals surface area contributed by atoms with Gasteiger partial charge in [-0.25, -0.2) is 0 Å². The summed E-state index contributed by atoms with van der Waals surface area (Å²) >= 11 is 0. The first-order valence-corrected chi connectivity index (χ1v) is 8.12. The van der Waals surface area contributed by atoms with Crippen molar-refractivity contribution in [1.29, 1.82) is 0 Å². The molecule has 1 aliphatic heterocycles. The van der Waals surface area contributed by atoms with Crippen LogP contribution in [0, 0.1) is 0 Å². The molecule has 0 saturated carbocycles. The first-order chi connectivity index (χ1) is 12.1. The Kier molecular flexibility index (Phi) is 5.18. The van der Waals surface area contributed by atoms with E-state index >= 15 is 0 Å². The molecule has 0 unspecified atom stereocenters. The Morgan fingerprint density at radius 1 is 0.880 bits per heavy atom. The molecule has 2 N–H and O–H groups in total. The molecule has 2 aromatic carbocycles. The maximum absolute atomic E-state index is 12.2. The van der Waals surface area contributed by atoms with Crippen molar-refractivity contribution in [1.82, 2.24) is 10.6 Å². The minimum absolute atomic E-state index is 0.0822. The summed E-state index contributed by atoms with van der Waals surface area (Å²) in [6, 6.07) is 12.8. The van der Waals surface area contributed by atoms with Gasteiger partial charge in [0.1, 0.15) is 13.2 Å². The lowest BCUT2D eigenvalue weighted by molar-refractivity contribution is -0.119. The van der Waals surface area contributed by atoms with Crippen molar-refractivity contribution in [3.8, 4) is 11.5 Å². The van der Waals surface area contributed by atoms with E-state index < -0.39 is 0 Å². The monoisotopic (exact) mass is 340 g/mol. The molecular weight excluding hydrogens is 320 g/mol. The van der Waals surface area contributed by atoms with E-state index in [0.29, 0.717) is 37.6 Å². The zero-order valence-electron chi connectivity index (χ0n) is 14.0. The molecule has 0 atom stereocenters. The summed E-state index contributed by atoms with van der Waals surface area (Å²) in [5.41, 5.74) is 2.46. The highest BCUT2D eigenvalue weighted by Gasteiger charge is 2.12. The van der Waals surface area contributed by atoms with Crippen molar-refractivity contribution in [2.24, 2.45) is 0 Å². The zero-order chi connectivity index (χ0) is 17.6. The summed E-state index contributed by atoms with van der Waals surface area (Å²) in [4.78, 5) is 23.2. The Hall–Kier alpha value is -3.02. The van der Waals surface area contributed by atoms with Crippen LogP contribution in [0.25, 0.3) is 0 Å². The number of fused-ring (bicyclic) bond motifs is 1. The maximum Gasteiger partial charge on any atom is 0.251 e. The van der Waals surface area contributed by atoms with Crippen molar-refractivity contribution in [2.75, 3.05) is 13.2 Å². The van der Waals surface area contributed by atoms with E-state index in [1.165, 1.54) is 6.92 Å².